The number of aromatic nitrogens is 20. The molecule has 20 nitrogen and oxygen atoms in total. The first kappa shape index (κ1) is 104. The monoisotopic (exact) mass is 1960 g/mol. The van der Waals surface area contributed by atoms with Crippen LogP contribution < -0.4 is 22.8 Å². The number of hydrogen-bond acceptors (Lipinski definition) is 10. The van der Waals surface area contributed by atoms with Crippen molar-refractivity contribution >= 4 is 55.2 Å². The molecule has 20 heteroatoms. The first-order valence-electron chi connectivity index (χ1n) is 50.3. The van der Waals surface area contributed by atoms with Gasteiger partial charge in [-0.05, 0) is 214 Å². The number of benzene rings is 12. The minimum atomic E-state index is 0. The standard InChI is InChI=1S/C31H25N4.2C26H29N4.C21H21N4.C20H19N4.4CH4/c1-22-13-9-10-18-25(22)31-34(2)27-19-11-12-20-28(27)35(31)30-29(24-16-7-4-8-17-24)33-26(21-32-30)23-14-5-3-6-15-23;1-18-11-7-8-14-21(18)26-29(3)22-15-9-10-16-23(22)30(26)25-24(28-19(2)17-27-25)20-12-5-4-6-13-20;1-18-11-7-8-14-21(18)26-29(3)22-15-9-10-16-23(22)30(26)25-24(27-17-19(2)28-25)20-12-5-4-6-13-20;1-14-9-5-6-10-17(14)21-24(4)18-11-7-8-12-19(18)25(21)20-15(2)22-13-23-16(20)3;1-14-8-4-5-9-16(14)20-23(3)17-10-6-7-11-18(17)24(20)19-12-21-13-22-15(19)2;;;;/h3-21H,1-2H3;2*7-11,14-17,20H,4-6,12-13H2,1-3H3;5-13H,1-4H3;4-13H,1-3H3;4*1H4/q5*+1;;;;. The Morgan fingerprint density at radius 2 is 0.561 bits per heavy atom. The van der Waals surface area contributed by atoms with Crippen molar-refractivity contribution in [3.8, 4) is 108 Å². The van der Waals surface area contributed by atoms with Crippen molar-refractivity contribution in [1.82, 2.24) is 72.7 Å². The number of para-hydroxylation sites is 10. The first-order valence-corrected chi connectivity index (χ1v) is 50.3. The van der Waals surface area contributed by atoms with E-state index in [-0.39, 0.29) is 29.7 Å². The van der Waals surface area contributed by atoms with Gasteiger partial charge in [-0.2, -0.15) is 22.8 Å². The molecule has 2 fully saturated rings. The quantitative estimate of drug-likeness (QED) is 0.0954. The number of nitrogens with zero attached hydrogens (tertiary/aromatic N) is 20. The van der Waals surface area contributed by atoms with Crippen molar-refractivity contribution < 1.29 is 22.8 Å². The lowest BCUT2D eigenvalue weighted by atomic mass is 9.86. The minimum absolute atomic E-state index is 0. The average molecular weight is 1960 g/mol. The lowest BCUT2D eigenvalue weighted by molar-refractivity contribution is -0.634. The number of fused-ring (bicyclic) bond motifs is 5. The lowest BCUT2D eigenvalue weighted by Crippen LogP contribution is -2.30. The topological polar surface area (TPSA) is 173 Å². The molecular weight excluding hydrogens is 1820 g/mol. The Hall–Kier alpha value is -16.6. The number of rotatable bonds is 14. The van der Waals surface area contributed by atoms with Crippen LogP contribution >= 0.6 is 0 Å². The predicted molar refractivity (Wildman–Crippen MR) is 604 cm³/mol. The predicted octanol–water partition coefficient (Wildman–Crippen LogP) is 27.6. The summed E-state index contributed by atoms with van der Waals surface area (Å²) in [6.07, 6.45) is 23.5. The summed E-state index contributed by atoms with van der Waals surface area (Å²) >= 11 is 0. The summed E-state index contributed by atoms with van der Waals surface area (Å²) in [5.74, 6) is 9.42. The third-order valence-corrected chi connectivity index (χ3v) is 28.8. The van der Waals surface area contributed by atoms with Crippen LogP contribution in [0.2, 0.25) is 0 Å². The van der Waals surface area contributed by atoms with Gasteiger partial charge in [0.05, 0.1) is 116 Å². The van der Waals surface area contributed by atoms with Gasteiger partial charge in [-0.3, -0.25) is 9.97 Å². The summed E-state index contributed by atoms with van der Waals surface area (Å²) < 4.78 is 22.8. The summed E-state index contributed by atoms with van der Waals surface area (Å²) in [7, 11) is 10.7. The van der Waals surface area contributed by atoms with Gasteiger partial charge < -0.3 is 0 Å². The fourth-order valence-electron chi connectivity index (χ4n) is 21.5. The van der Waals surface area contributed by atoms with Crippen LogP contribution in [0.1, 0.15) is 173 Å². The maximum atomic E-state index is 5.17. The highest BCUT2D eigenvalue weighted by Gasteiger charge is 2.38. The van der Waals surface area contributed by atoms with Gasteiger partial charge in [0.2, 0.25) is 11.6 Å². The van der Waals surface area contributed by atoms with E-state index >= 15 is 0 Å². The second kappa shape index (κ2) is 45.8. The highest BCUT2D eigenvalue weighted by molar-refractivity contribution is 5.86. The van der Waals surface area contributed by atoms with E-state index in [2.05, 4.69) is 409 Å². The molecule has 0 N–H and O–H groups in total. The summed E-state index contributed by atoms with van der Waals surface area (Å²) in [6.45, 7) is 21.0. The van der Waals surface area contributed by atoms with E-state index < -0.39 is 0 Å². The van der Waals surface area contributed by atoms with E-state index in [1.165, 1.54) is 153 Å². The highest BCUT2D eigenvalue weighted by Crippen LogP contribution is 2.43. The van der Waals surface area contributed by atoms with Crippen LogP contribution in [0, 0.1) is 69.2 Å². The molecule has 2 saturated carbocycles. The smallest absolute Gasteiger partial charge is 0.253 e. The Morgan fingerprint density at radius 3 is 0.966 bits per heavy atom. The molecule has 0 atom stereocenters. The molecule has 2 aliphatic carbocycles. The Bertz CT molecular complexity index is 8480. The molecule has 22 aromatic rings. The van der Waals surface area contributed by atoms with Gasteiger partial charge in [-0.25, -0.2) is 62.7 Å². The van der Waals surface area contributed by atoms with Crippen LogP contribution in [0.3, 0.4) is 0 Å². The van der Waals surface area contributed by atoms with E-state index in [0.717, 1.165) is 142 Å². The van der Waals surface area contributed by atoms with Gasteiger partial charge in [0.15, 0.2) is 66.5 Å². The Morgan fingerprint density at radius 1 is 0.250 bits per heavy atom. The van der Waals surface area contributed by atoms with Crippen molar-refractivity contribution in [2.24, 2.45) is 35.2 Å². The fourth-order valence-corrected chi connectivity index (χ4v) is 21.5. The van der Waals surface area contributed by atoms with Crippen molar-refractivity contribution in [2.45, 2.75) is 175 Å². The van der Waals surface area contributed by atoms with Gasteiger partial charge >= 0.3 is 0 Å². The molecule has 0 aliphatic heterocycles. The van der Waals surface area contributed by atoms with Crippen molar-refractivity contribution in [3.63, 3.8) is 0 Å². The van der Waals surface area contributed by atoms with Crippen LogP contribution in [-0.4, -0.2) is 72.7 Å². The van der Waals surface area contributed by atoms with E-state index in [0.29, 0.717) is 11.8 Å². The molecule has 10 heterocycles. The van der Waals surface area contributed by atoms with Crippen LogP contribution in [0.5, 0.6) is 0 Å². The Balaban J connectivity index is 0.000000132. The van der Waals surface area contributed by atoms with Crippen molar-refractivity contribution in [1.29, 1.82) is 0 Å². The molecule has 746 valence electrons. The molecule has 148 heavy (non-hydrogen) atoms. The summed E-state index contributed by atoms with van der Waals surface area (Å²) in [6, 6.07) is 106. The van der Waals surface area contributed by atoms with Crippen LogP contribution in [0.15, 0.2) is 341 Å². The fraction of sp³-hybridized carbons (Fsp3) is 0.242. The van der Waals surface area contributed by atoms with E-state index in [4.69, 9.17) is 29.9 Å². The maximum absolute atomic E-state index is 5.17. The van der Waals surface area contributed by atoms with E-state index in [1.807, 2.05) is 88.9 Å². The zero-order chi connectivity index (χ0) is 99.3. The lowest BCUT2D eigenvalue weighted by Gasteiger charge is -2.22. The molecule has 0 spiro atoms. The molecular formula is C128H139N20+5. The third kappa shape index (κ3) is 20.1. The first-order chi connectivity index (χ1) is 70.3. The highest BCUT2D eigenvalue weighted by atomic mass is 15.2. The molecule has 0 saturated heterocycles. The van der Waals surface area contributed by atoms with Crippen molar-refractivity contribution in [3.05, 3.63) is 408 Å². The van der Waals surface area contributed by atoms with E-state index in [1.54, 1.807) is 12.7 Å². The maximum Gasteiger partial charge on any atom is 0.296 e. The molecule has 0 bridgehead atoms. The molecule has 0 radical (unpaired) electrons. The molecule has 24 rings (SSSR count). The zero-order valence-electron chi connectivity index (χ0n) is 85.0. The Labute approximate surface area is 872 Å². The Kier molecular flexibility index (Phi) is 32.2. The van der Waals surface area contributed by atoms with Crippen LogP contribution in [0.4, 0.5) is 0 Å². The largest absolute Gasteiger partial charge is 0.296 e. The number of aryl methyl sites for hydroxylation is 15. The van der Waals surface area contributed by atoms with Crippen LogP contribution in [0.25, 0.3) is 163 Å². The second-order valence-electron chi connectivity index (χ2n) is 38.3. The molecule has 12 aromatic carbocycles. The summed E-state index contributed by atoms with van der Waals surface area (Å²) in [5.41, 5.74) is 36.9. The van der Waals surface area contributed by atoms with Crippen molar-refractivity contribution in [2.75, 3.05) is 0 Å². The normalized spacial score (nSPS) is 12.4. The minimum Gasteiger partial charge on any atom is -0.253 e. The van der Waals surface area contributed by atoms with Gasteiger partial charge in [0.1, 0.15) is 29.7 Å². The summed E-state index contributed by atoms with van der Waals surface area (Å²) in [5, 5.41) is 0. The number of imidazole rings is 5. The summed E-state index contributed by atoms with van der Waals surface area (Å²) in [4.78, 5) is 47.9. The van der Waals surface area contributed by atoms with Gasteiger partial charge in [0.25, 0.3) is 34.9 Å². The van der Waals surface area contributed by atoms with Gasteiger partial charge in [-0.1, -0.05) is 281 Å². The molecule has 0 amide bonds. The molecule has 10 aromatic heterocycles. The SMILES string of the molecule is C.C.C.C.Cc1ccccc1-c1n(-c2c(C)ncnc2C)c2ccccc2[n+]1C.Cc1ccccc1-c1n(-c2cncnc2C)c2ccccc2[n+]1C.Cc1ccccc1-c1n(-c2ncc(-c3ccccc3)nc2-c2ccccc2)c2ccccc2[n+]1C.Cc1cnc(-n2c(-c3ccccc3C)[n+](C)c3ccccc32)c(C2CCCCC2)n1.Cc1cnc(C2CCCCC2)c(-n2c(-c3ccccc3C)[n+](C)c3ccccc32)n1. The third-order valence-electron chi connectivity index (χ3n) is 28.8. The molecule has 0 unspecified atom stereocenters. The van der Waals surface area contributed by atoms with Gasteiger partial charge in [-0.15, -0.1) is 0 Å². The number of hydrogen-bond donors (Lipinski definition) is 0. The molecule has 2 aliphatic rings. The zero-order valence-corrected chi connectivity index (χ0v) is 85.0. The second-order valence-corrected chi connectivity index (χ2v) is 38.3. The van der Waals surface area contributed by atoms with Crippen LogP contribution in [-0.2, 0) is 35.2 Å². The average Bonchev–Trinajstić information content (AvgIpc) is 1.55. The van der Waals surface area contributed by atoms with Gasteiger partial charge in [0, 0.05) is 29.2 Å². The van der Waals surface area contributed by atoms with E-state index in [9.17, 15) is 0 Å².